The Labute approximate surface area is 115 Å². The number of nitrogens with zero attached hydrogens (tertiary/aromatic N) is 2. The SMILES string of the molecule is CC(CCBr)CCn1c(=O)cnc2ccccc21. The number of benzene rings is 1. The Morgan fingerprint density at radius 1 is 1.33 bits per heavy atom. The molecule has 1 unspecified atom stereocenters. The minimum absolute atomic E-state index is 0.0141. The molecule has 0 spiro atoms. The topological polar surface area (TPSA) is 34.9 Å². The molecular weight excluding hydrogens is 292 g/mol. The zero-order chi connectivity index (χ0) is 13.0. The summed E-state index contributed by atoms with van der Waals surface area (Å²) in [5, 5.41) is 1.01. The van der Waals surface area contributed by atoms with Gasteiger partial charge in [-0.3, -0.25) is 4.79 Å². The maximum Gasteiger partial charge on any atom is 0.269 e. The maximum absolute atomic E-state index is 11.9. The van der Waals surface area contributed by atoms with Gasteiger partial charge in [0.05, 0.1) is 17.2 Å². The first kappa shape index (κ1) is 13.3. The molecule has 4 heteroatoms. The van der Waals surface area contributed by atoms with Gasteiger partial charge in [-0.1, -0.05) is 35.0 Å². The third kappa shape index (κ3) is 2.99. The molecule has 0 saturated heterocycles. The average molecular weight is 309 g/mol. The van der Waals surface area contributed by atoms with Crippen molar-refractivity contribution in [1.29, 1.82) is 0 Å². The molecule has 1 heterocycles. The van der Waals surface area contributed by atoms with Gasteiger partial charge in [-0.25, -0.2) is 4.98 Å². The molecule has 0 amide bonds. The van der Waals surface area contributed by atoms with Crippen LogP contribution in [0, 0.1) is 5.92 Å². The summed E-state index contributed by atoms with van der Waals surface area (Å²) in [4.78, 5) is 16.1. The van der Waals surface area contributed by atoms with Crippen LogP contribution < -0.4 is 5.56 Å². The molecule has 0 aliphatic carbocycles. The number of fused-ring (bicyclic) bond motifs is 1. The Balaban J connectivity index is 2.26. The van der Waals surface area contributed by atoms with Crippen molar-refractivity contribution >= 4 is 27.0 Å². The van der Waals surface area contributed by atoms with E-state index in [9.17, 15) is 4.79 Å². The van der Waals surface area contributed by atoms with E-state index in [2.05, 4.69) is 27.8 Å². The highest BCUT2D eigenvalue weighted by Gasteiger charge is 2.06. The van der Waals surface area contributed by atoms with E-state index in [4.69, 9.17) is 0 Å². The molecule has 2 rings (SSSR count). The molecule has 18 heavy (non-hydrogen) atoms. The van der Waals surface area contributed by atoms with E-state index in [0.717, 1.165) is 35.7 Å². The lowest BCUT2D eigenvalue weighted by Crippen LogP contribution is -2.21. The van der Waals surface area contributed by atoms with Crippen LogP contribution in [0.4, 0.5) is 0 Å². The highest BCUT2D eigenvalue weighted by Crippen LogP contribution is 2.13. The largest absolute Gasteiger partial charge is 0.305 e. The predicted molar refractivity (Wildman–Crippen MR) is 78.2 cm³/mol. The van der Waals surface area contributed by atoms with Gasteiger partial charge in [0.1, 0.15) is 0 Å². The van der Waals surface area contributed by atoms with Crippen LogP contribution in [0.15, 0.2) is 35.3 Å². The van der Waals surface area contributed by atoms with E-state index < -0.39 is 0 Å². The molecule has 0 aliphatic rings. The Bertz CT molecular complexity index is 579. The number of hydrogen-bond acceptors (Lipinski definition) is 2. The summed E-state index contributed by atoms with van der Waals surface area (Å²) in [5.74, 6) is 0.614. The van der Waals surface area contributed by atoms with E-state index in [1.54, 1.807) is 0 Å². The molecular formula is C14H17BrN2O. The fourth-order valence-corrected chi connectivity index (χ4v) is 2.81. The van der Waals surface area contributed by atoms with Crippen molar-refractivity contribution < 1.29 is 0 Å². The minimum atomic E-state index is -0.0141. The molecule has 0 fully saturated rings. The molecule has 96 valence electrons. The van der Waals surface area contributed by atoms with Gasteiger partial charge in [0.2, 0.25) is 0 Å². The van der Waals surface area contributed by atoms with Crippen LogP contribution in [-0.4, -0.2) is 14.9 Å². The van der Waals surface area contributed by atoms with Crippen LogP contribution >= 0.6 is 15.9 Å². The Hall–Kier alpha value is -1.16. The zero-order valence-electron chi connectivity index (χ0n) is 10.5. The lowest BCUT2D eigenvalue weighted by molar-refractivity contribution is 0.472. The highest BCUT2D eigenvalue weighted by molar-refractivity contribution is 9.09. The number of halogens is 1. The number of rotatable bonds is 5. The van der Waals surface area contributed by atoms with E-state index in [1.165, 1.54) is 6.20 Å². The zero-order valence-corrected chi connectivity index (χ0v) is 12.1. The van der Waals surface area contributed by atoms with Gasteiger partial charge >= 0.3 is 0 Å². The van der Waals surface area contributed by atoms with Crippen molar-refractivity contribution in [3.05, 3.63) is 40.8 Å². The summed E-state index contributed by atoms with van der Waals surface area (Å²) >= 11 is 3.45. The van der Waals surface area contributed by atoms with Crippen LogP contribution in [0.3, 0.4) is 0 Å². The third-order valence-electron chi connectivity index (χ3n) is 3.20. The van der Waals surface area contributed by atoms with Crippen molar-refractivity contribution in [2.24, 2.45) is 5.92 Å². The number of alkyl halides is 1. The molecule has 1 aromatic heterocycles. The van der Waals surface area contributed by atoms with Crippen LogP contribution in [-0.2, 0) is 6.54 Å². The van der Waals surface area contributed by atoms with Gasteiger partial charge in [-0.2, -0.15) is 0 Å². The molecule has 0 aliphatic heterocycles. The van der Waals surface area contributed by atoms with Gasteiger partial charge in [0.25, 0.3) is 5.56 Å². The van der Waals surface area contributed by atoms with E-state index >= 15 is 0 Å². The second kappa shape index (κ2) is 6.14. The van der Waals surface area contributed by atoms with Gasteiger partial charge in [0.15, 0.2) is 0 Å². The van der Waals surface area contributed by atoms with Gasteiger partial charge in [-0.15, -0.1) is 0 Å². The summed E-state index contributed by atoms with van der Waals surface area (Å²) in [5.41, 5.74) is 1.79. The van der Waals surface area contributed by atoms with E-state index in [0.29, 0.717) is 5.92 Å². The predicted octanol–water partition coefficient (Wildman–Crippen LogP) is 3.21. The molecule has 2 aromatic rings. The van der Waals surface area contributed by atoms with Crippen molar-refractivity contribution in [1.82, 2.24) is 9.55 Å². The maximum atomic E-state index is 11.9. The first-order valence-corrected chi connectivity index (χ1v) is 7.35. The molecule has 1 atom stereocenters. The molecule has 1 aromatic carbocycles. The van der Waals surface area contributed by atoms with Crippen LogP contribution in [0.5, 0.6) is 0 Å². The van der Waals surface area contributed by atoms with Crippen molar-refractivity contribution in [2.45, 2.75) is 26.3 Å². The van der Waals surface area contributed by atoms with Crippen LogP contribution in [0.2, 0.25) is 0 Å². The quantitative estimate of drug-likeness (QED) is 0.795. The van der Waals surface area contributed by atoms with E-state index in [1.807, 2.05) is 28.8 Å². The summed E-state index contributed by atoms with van der Waals surface area (Å²) in [6.45, 7) is 2.98. The summed E-state index contributed by atoms with van der Waals surface area (Å²) in [6.07, 6.45) is 3.56. The normalized spacial score (nSPS) is 12.8. The summed E-state index contributed by atoms with van der Waals surface area (Å²) in [7, 11) is 0. The van der Waals surface area contributed by atoms with Gasteiger partial charge in [0, 0.05) is 11.9 Å². The smallest absolute Gasteiger partial charge is 0.269 e. The van der Waals surface area contributed by atoms with Gasteiger partial charge in [-0.05, 0) is 30.9 Å². The molecule has 3 nitrogen and oxygen atoms in total. The first-order chi connectivity index (χ1) is 8.72. The summed E-state index contributed by atoms with van der Waals surface area (Å²) in [6, 6.07) is 7.78. The van der Waals surface area contributed by atoms with E-state index in [-0.39, 0.29) is 5.56 Å². The Kier molecular flexibility index (Phi) is 4.53. The lowest BCUT2D eigenvalue weighted by atomic mass is 10.1. The first-order valence-electron chi connectivity index (χ1n) is 6.23. The molecule has 0 saturated carbocycles. The third-order valence-corrected chi connectivity index (χ3v) is 3.66. The van der Waals surface area contributed by atoms with Crippen LogP contribution in [0.1, 0.15) is 19.8 Å². The van der Waals surface area contributed by atoms with Crippen molar-refractivity contribution in [2.75, 3.05) is 5.33 Å². The van der Waals surface area contributed by atoms with Gasteiger partial charge < -0.3 is 4.57 Å². The molecule has 0 radical (unpaired) electrons. The number of hydrogen-bond donors (Lipinski definition) is 0. The Morgan fingerprint density at radius 3 is 2.89 bits per heavy atom. The summed E-state index contributed by atoms with van der Waals surface area (Å²) < 4.78 is 1.83. The Morgan fingerprint density at radius 2 is 2.11 bits per heavy atom. The number of aromatic nitrogens is 2. The van der Waals surface area contributed by atoms with Crippen molar-refractivity contribution in [3.8, 4) is 0 Å². The average Bonchev–Trinajstić information content (AvgIpc) is 2.38. The molecule has 0 N–H and O–H groups in total. The molecule has 0 bridgehead atoms. The fourth-order valence-electron chi connectivity index (χ4n) is 2.03. The van der Waals surface area contributed by atoms with Crippen molar-refractivity contribution in [3.63, 3.8) is 0 Å². The number of aryl methyl sites for hydroxylation is 1. The second-order valence-corrected chi connectivity index (χ2v) is 5.40. The lowest BCUT2D eigenvalue weighted by Gasteiger charge is -2.12. The monoisotopic (exact) mass is 308 g/mol. The van der Waals surface area contributed by atoms with Crippen LogP contribution in [0.25, 0.3) is 11.0 Å². The number of para-hydroxylation sites is 2. The highest BCUT2D eigenvalue weighted by atomic mass is 79.9. The minimum Gasteiger partial charge on any atom is -0.305 e. The standard InChI is InChI=1S/C14H17BrN2O/c1-11(6-8-15)7-9-17-13-5-3-2-4-12(13)16-10-14(17)18/h2-5,10-11H,6-9H2,1H3. The second-order valence-electron chi connectivity index (χ2n) is 4.61. The fraction of sp³-hybridized carbons (Fsp3) is 0.429.